The number of nitrogens with zero attached hydrogens (tertiary/aromatic N) is 1. The van der Waals surface area contributed by atoms with Crippen molar-refractivity contribution in [2.24, 2.45) is 0 Å². The maximum absolute atomic E-state index is 12.2. The second-order valence-corrected chi connectivity index (χ2v) is 7.57. The molecule has 0 saturated heterocycles. The van der Waals surface area contributed by atoms with Crippen LogP contribution in [0.1, 0.15) is 28.4 Å². The minimum atomic E-state index is -3.44. The molecule has 0 radical (unpaired) electrons. The largest absolute Gasteiger partial charge is 0.352 e. The highest BCUT2D eigenvalue weighted by Gasteiger charge is 2.18. The predicted molar refractivity (Wildman–Crippen MR) is 96.7 cm³/mol. The molecule has 5 nitrogen and oxygen atoms in total. The third-order valence-electron chi connectivity index (χ3n) is 3.60. The lowest BCUT2D eigenvalue weighted by atomic mass is 10.1. The monoisotopic (exact) mass is 346 g/mol. The third kappa shape index (κ3) is 4.58. The molecular formula is C18H22N2O3S. The van der Waals surface area contributed by atoms with Crippen molar-refractivity contribution < 1.29 is 13.2 Å². The molecule has 0 heterocycles. The molecule has 0 aliphatic carbocycles. The molecule has 0 unspecified atom stereocenters. The molecule has 0 aliphatic rings. The summed E-state index contributed by atoms with van der Waals surface area (Å²) in [7, 11) is -3.44. The number of carbonyl (C=O) groups excluding carboxylic acids is 1. The molecule has 24 heavy (non-hydrogen) atoms. The van der Waals surface area contributed by atoms with Gasteiger partial charge in [0.25, 0.3) is 5.91 Å². The van der Waals surface area contributed by atoms with E-state index in [1.165, 1.54) is 10.6 Å². The maximum Gasteiger partial charge on any atom is 0.251 e. The van der Waals surface area contributed by atoms with Crippen LogP contribution in [0.15, 0.2) is 48.5 Å². The van der Waals surface area contributed by atoms with Crippen LogP contribution in [0, 0.1) is 6.92 Å². The summed E-state index contributed by atoms with van der Waals surface area (Å²) in [6.45, 7) is 4.63. The lowest BCUT2D eigenvalue weighted by Gasteiger charge is -2.23. The van der Waals surface area contributed by atoms with Crippen molar-refractivity contribution in [2.45, 2.75) is 20.4 Å². The molecule has 0 bridgehead atoms. The van der Waals surface area contributed by atoms with Gasteiger partial charge in [0.15, 0.2) is 0 Å². The molecule has 0 aromatic heterocycles. The Morgan fingerprint density at radius 2 is 1.62 bits per heavy atom. The van der Waals surface area contributed by atoms with Gasteiger partial charge in [-0.2, -0.15) is 0 Å². The smallest absolute Gasteiger partial charge is 0.251 e. The quantitative estimate of drug-likeness (QED) is 0.874. The van der Waals surface area contributed by atoms with Gasteiger partial charge in [-0.3, -0.25) is 9.10 Å². The standard InChI is InChI=1S/C18H22N2O3S/c1-4-19-18(21)16-9-11-17(12-10-16)20(24(3,22)23)13-15-7-5-14(2)6-8-15/h5-12H,4,13H2,1-3H3,(H,19,21). The second-order valence-electron chi connectivity index (χ2n) is 5.66. The molecule has 6 heteroatoms. The molecule has 2 aromatic rings. The molecule has 2 aromatic carbocycles. The fourth-order valence-electron chi connectivity index (χ4n) is 2.30. The Morgan fingerprint density at radius 3 is 2.12 bits per heavy atom. The Labute approximate surface area is 143 Å². The fraction of sp³-hybridized carbons (Fsp3) is 0.278. The van der Waals surface area contributed by atoms with E-state index in [9.17, 15) is 13.2 Å². The zero-order valence-electron chi connectivity index (χ0n) is 14.1. The molecule has 128 valence electrons. The Hall–Kier alpha value is -2.34. The maximum atomic E-state index is 12.2. The molecule has 0 fully saturated rings. The van der Waals surface area contributed by atoms with Crippen LogP contribution in [-0.4, -0.2) is 27.1 Å². The lowest BCUT2D eigenvalue weighted by molar-refractivity contribution is 0.0956. The van der Waals surface area contributed by atoms with Gasteiger partial charge in [0.2, 0.25) is 10.0 Å². The number of rotatable bonds is 6. The Morgan fingerprint density at radius 1 is 1.04 bits per heavy atom. The van der Waals surface area contributed by atoms with E-state index in [1.807, 2.05) is 38.1 Å². The molecule has 0 saturated carbocycles. The van der Waals surface area contributed by atoms with Crippen molar-refractivity contribution in [3.63, 3.8) is 0 Å². The van der Waals surface area contributed by atoms with Gasteiger partial charge in [-0.1, -0.05) is 29.8 Å². The minimum absolute atomic E-state index is 0.173. The van der Waals surface area contributed by atoms with Crippen LogP contribution < -0.4 is 9.62 Å². The molecule has 0 aliphatic heterocycles. The van der Waals surface area contributed by atoms with Crippen LogP contribution >= 0.6 is 0 Å². The van der Waals surface area contributed by atoms with Crippen molar-refractivity contribution in [1.29, 1.82) is 0 Å². The van der Waals surface area contributed by atoms with Gasteiger partial charge >= 0.3 is 0 Å². The van der Waals surface area contributed by atoms with Crippen LogP contribution in [0.25, 0.3) is 0 Å². The SMILES string of the molecule is CCNC(=O)c1ccc(N(Cc2ccc(C)cc2)S(C)(=O)=O)cc1. The van der Waals surface area contributed by atoms with Crippen molar-refractivity contribution in [3.05, 3.63) is 65.2 Å². The summed E-state index contributed by atoms with van der Waals surface area (Å²) in [5, 5.41) is 2.72. The summed E-state index contributed by atoms with van der Waals surface area (Å²) in [6.07, 6.45) is 1.18. The Kier molecular flexibility index (Phi) is 5.62. The van der Waals surface area contributed by atoms with Gasteiger partial charge in [0, 0.05) is 12.1 Å². The highest BCUT2D eigenvalue weighted by Crippen LogP contribution is 2.21. The molecule has 1 amide bonds. The Bertz CT molecular complexity index is 797. The van der Waals surface area contributed by atoms with Crippen molar-refractivity contribution in [1.82, 2.24) is 5.32 Å². The lowest BCUT2D eigenvalue weighted by Crippen LogP contribution is -2.29. The van der Waals surface area contributed by atoms with Gasteiger partial charge in [-0.05, 0) is 43.7 Å². The van der Waals surface area contributed by atoms with Crippen LogP contribution in [0.2, 0.25) is 0 Å². The molecular weight excluding hydrogens is 324 g/mol. The summed E-state index contributed by atoms with van der Waals surface area (Å²) < 4.78 is 25.7. The van der Waals surface area contributed by atoms with E-state index in [1.54, 1.807) is 24.3 Å². The molecule has 1 N–H and O–H groups in total. The number of benzene rings is 2. The first-order valence-electron chi connectivity index (χ1n) is 7.73. The summed E-state index contributed by atoms with van der Waals surface area (Å²) in [6, 6.07) is 14.3. The van der Waals surface area contributed by atoms with Crippen molar-refractivity contribution >= 4 is 21.6 Å². The third-order valence-corrected chi connectivity index (χ3v) is 4.74. The average Bonchev–Trinajstić information content (AvgIpc) is 2.53. The minimum Gasteiger partial charge on any atom is -0.352 e. The molecule has 0 atom stereocenters. The highest BCUT2D eigenvalue weighted by atomic mass is 32.2. The van der Waals surface area contributed by atoms with Crippen molar-refractivity contribution in [3.8, 4) is 0 Å². The van der Waals surface area contributed by atoms with E-state index < -0.39 is 10.0 Å². The van der Waals surface area contributed by atoms with Gasteiger partial charge in [0.1, 0.15) is 0 Å². The van der Waals surface area contributed by atoms with Gasteiger partial charge in [-0.25, -0.2) is 8.42 Å². The van der Waals surface area contributed by atoms with Gasteiger partial charge < -0.3 is 5.32 Å². The number of sulfonamides is 1. The fourth-order valence-corrected chi connectivity index (χ4v) is 3.19. The Balaban J connectivity index is 2.28. The average molecular weight is 346 g/mol. The normalized spacial score (nSPS) is 11.1. The summed E-state index contributed by atoms with van der Waals surface area (Å²) in [4.78, 5) is 11.8. The summed E-state index contributed by atoms with van der Waals surface area (Å²) in [5.74, 6) is -0.173. The first-order valence-corrected chi connectivity index (χ1v) is 9.57. The second kappa shape index (κ2) is 7.49. The van der Waals surface area contributed by atoms with Crippen LogP contribution in [0.5, 0.6) is 0 Å². The zero-order valence-corrected chi connectivity index (χ0v) is 14.9. The summed E-state index contributed by atoms with van der Waals surface area (Å²) >= 11 is 0. The predicted octanol–water partition coefficient (Wildman–Crippen LogP) is 2.71. The molecule has 2 rings (SSSR count). The summed E-state index contributed by atoms with van der Waals surface area (Å²) in [5.41, 5.74) is 3.06. The highest BCUT2D eigenvalue weighted by molar-refractivity contribution is 7.92. The van der Waals surface area contributed by atoms with E-state index in [0.717, 1.165) is 11.1 Å². The first-order chi connectivity index (χ1) is 11.3. The topological polar surface area (TPSA) is 66.5 Å². The first kappa shape index (κ1) is 18.0. The number of amides is 1. The van der Waals surface area contributed by atoms with Gasteiger partial charge in [-0.15, -0.1) is 0 Å². The number of nitrogens with one attached hydrogen (secondary N) is 1. The van der Waals surface area contributed by atoms with E-state index in [2.05, 4.69) is 5.32 Å². The number of hydrogen-bond acceptors (Lipinski definition) is 3. The van der Waals surface area contributed by atoms with Crippen molar-refractivity contribution in [2.75, 3.05) is 17.1 Å². The van der Waals surface area contributed by atoms with Crippen LogP contribution in [0.3, 0.4) is 0 Å². The van der Waals surface area contributed by atoms with E-state index in [0.29, 0.717) is 17.8 Å². The van der Waals surface area contributed by atoms with Gasteiger partial charge in [0.05, 0.1) is 18.5 Å². The number of hydrogen-bond donors (Lipinski definition) is 1. The number of carbonyl (C=O) groups is 1. The molecule has 0 spiro atoms. The van der Waals surface area contributed by atoms with Crippen LogP contribution in [0.4, 0.5) is 5.69 Å². The zero-order chi connectivity index (χ0) is 17.7. The van der Waals surface area contributed by atoms with Crippen LogP contribution in [-0.2, 0) is 16.6 Å². The number of anilines is 1. The van der Waals surface area contributed by atoms with E-state index >= 15 is 0 Å². The van der Waals surface area contributed by atoms with E-state index in [-0.39, 0.29) is 12.5 Å². The number of aryl methyl sites for hydroxylation is 1. The van der Waals surface area contributed by atoms with E-state index in [4.69, 9.17) is 0 Å².